The molecule has 1 aliphatic rings. The Kier molecular flexibility index (Phi) is 4.98. The van der Waals surface area contributed by atoms with Crippen LogP contribution in [0.15, 0.2) is 30.7 Å². The van der Waals surface area contributed by atoms with E-state index in [2.05, 4.69) is 9.97 Å². The van der Waals surface area contributed by atoms with Gasteiger partial charge in [-0.1, -0.05) is 17.7 Å². The number of hydrogen-bond donors (Lipinski definition) is 3. The van der Waals surface area contributed by atoms with E-state index in [1.807, 2.05) is 19.1 Å². The van der Waals surface area contributed by atoms with E-state index in [4.69, 9.17) is 21.1 Å². The van der Waals surface area contributed by atoms with E-state index in [1.165, 1.54) is 6.33 Å². The van der Waals surface area contributed by atoms with Crippen molar-refractivity contribution in [2.24, 2.45) is 0 Å². The fourth-order valence-electron chi connectivity index (χ4n) is 3.59. The number of rotatable bonds is 4. The first-order valence-electron chi connectivity index (χ1n) is 8.74. The first-order chi connectivity index (χ1) is 13.5. The van der Waals surface area contributed by atoms with Crippen molar-refractivity contribution in [2.75, 3.05) is 13.7 Å². The molecule has 0 radical (unpaired) electrons. The van der Waals surface area contributed by atoms with Gasteiger partial charge in [0, 0.05) is 17.1 Å². The van der Waals surface area contributed by atoms with Crippen molar-refractivity contribution in [2.45, 2.75) is 31.5 Å². The van der Waals surface area contributed by atoms with Crippen LogP contribution in [0.25, 0.3) is 22.2 Å². The van der Waals surface area contributed by atoms with E-state index < -0.39 is 31.1 Å². The molecule has 28 heavy (non-hydrogen) atoms. The predicted octanol–water partition coefficient (Wildman–Crippen LogP) is 1.68. The lowest BCUT2D eigenvalue weighted by atomic mass is 10.0. The van der Waals surface area contributed by atoms with E-state index >= 15 is 0 Å². The van der Waals surface area contributed by atoms with Gasteiger partial charge in [-0.25, -0.2) is 9.97 Å². The quantitative estimate of drug-likeness (QED) is 0.605. The predicted molar refractivity (Wildman–Crippen MR) is 102 cm³/mol. The second-order valence-corrected chi connectivity index (χ2v) is 7.09. The number of aryl methyl sites for hydroxylation is 1. The summed E-state index contributed by atoms with van der Waals surface area (Å²) in [6.07, 6.45) is -0.965. The maximum absolute atomic E-state index is 10.5. The van der Waals surface area contributed by atoms with Gasteiger partial charge in [-0.3, -0.25) is 0 Å². The molecule has 4 atom stereocenters. The van der Waals surface area contributed by atoms with Gasteiger partial charge in [-0.15, -0.1) is 0 Å². The molecule has 9 heteroatoms. The van der Waals surface area contributed by atoms with E-state index in [0.717, 1.165) is 22.2 Å². The van der Waals surface area contributed by atoms with Crippen molar-refractivity contribution >= 4 is 22.6 Å². The Morgan fingerprint density at radius 1 is 1.25 bits per heavy atom. The van der Waals surface area contributed by atoms with E-state index in [0.29, 0.717) is 16.4 Å². The smallest absolute Gasteiger partial charge is 0.164 e. The highest BCUT2D eigenvalue weighted by Gasteiger charge is 2.44. The molecule has 0 spiro atoms. The molecule has 0 aliphatic carbocycles. The van der Waals surface area contributed by atoms with Crippen LogP contribution in [-0.4, -0.2) is 61.9 Å². The first kappa shape index (κ1) is 19.1. The van der Waals surface area contributed by atoms with Crippen LogP contribution in [0.1, 0.15) is 11.9 Å². The SMILES string of the molecule is COc1cc(-c2cn([C@@H]3O[C@H](CO)[C@@H](O)[C@H]3O)c3ncnc(C)c23)ccc1Cl. The largest absolute Gasteiger partial charge is 0.495 e. The van der Waals surface area contributed by atoms with Crippen LogP contribution in [-0.2, 0) is 4.74 Å². The number of fused-ring (bicyclic) bond motifs is 1. The topological polar surface area (TPSA) is 110 Å². The van der Waals surface area contributed by atoms with Crippen molar-refractivity contribution in [3.8, 4) is 16.9 Å². The normalized spacial score (nSPS) is 24.8. The van der Waals surface area contributed by atoms with E-state index in [9.17, 15) is 15.3 Å². The molecule has 1 saturated heterocycles. The molecular weight excluding hydrogens is 386 g/mol. The van der Waals surface area contributed by atoms with Gasteiger partial charge < -0.3 is 29.4 Å². The van der Waals surface area contributed by atoms with Crippen molar-refractivity contribution in [1.82, 2.24) is 14.5 Å². The summed E-state index contributed by atoms with van der Waals surface area (Å²) in [5, 5.41) is 31.2. The highest BCUT2D eigenvalue weighted by atomic mass is 35.5. The second-order valence-electron chi connectivity index (χ2n) is 6.69. The summed E-state index contributed by atoms with van der Waals surface area (Å²) < 4.78 is 12.7. The van der Waals surface area contributed by atoms with E-state index in [-0.39, 0.29) is 0 Å². The third-order valence-electron chi connectivity index (χ3n) is 5.05. The van der Waals surface area contributed by atoms with Crippen LogP contribution >= 0.6 is 11.6 Å². The lowest BCUT2D eigenvalue weighted by molar-refractivity contribution is -0.0508. The van der Waals surface area contributed by atoms with Gasteiger partial charge in [0.05, 0.1) is 24.4 Å². The van der Waals surface area contributed by atoms with Gasteiger partial charge in [0.25, 0.3) is 0 Å². The minimum Gasteiger partial charge on any atom is -0.495 e. The van der Waals surface area contributed by atoms with Crippen molar-refractivity contribution in [3.63, 3.8) is 0 Å². The molecule has 0 saturated carbocycles. The van der Waals surface area contributed by atoms with Gasteiger partial charge in [-0.2, -0.15) is 0 Å². The van der Waals surface area contributed by atoms with Gasteiger partial charge in [0.15, 0.2) is 6.23 Å². The number of nitrogens with zero attached hydrogens (tertiary/aromatic N) is 3. The average Bonchev–Trinajstić information content (AvgIpc) is 3.21. The van der Waals surface area contributed by atoms with Crippen LogP contribution in [0, 0.1) is 6.92 Å². The summed E-state index contributed by atoms with van der Waals surface area (Å²) in [5.74, 6) is 0.530. The molecule has 0 unspecified atom stereocenters. The minimum absolute atomic E-state index is 0.400. The van der Waals surface area contributed by atoms with Crippen LogP contribution < -0.4 is 4.74 Å². The summed E-state index contributed by atoms with van der Waals surface area (Å²) in [5.41, 5.74) is 2.93. The van der Waals surface area contributed by atoms with Crippen LogP contribution in [0.4, 0.5) is 0 Å². The Hall–Kier alpha value is -2.23. The zero-order chi connectivity index (χ0) is 20.0. The number of halogens is 1. The Balaban J connectivity index is 1.90. The molecule has 2 aromatic heterocycles. The summed E-state index contributed by atoms with van der Waals surface area (Å²) in [6, 6.07) is 5.41. The lowest BCUT2D eigenvalue weighted by Gasteiger charge is -2.17. The Morgan fingerprint density at radius 2 is 2.04 bits per heavy atom. The standard InChI is InChI=1S/C19H20ClN3O5/c1-9-15-11(10-3-4-12(20)13(5-10)27-2)6-23(18(15)22-8-21-9)19-17(26)16(25)14(7-24)28-19/h3-6,8,14,16-17,19,24-26H,7H2,1-2H3/t14-,16-,17-,19-/m1/s1. The monoisotopic (exact) mass is 405 g/mol. The van der Waals surface area contributed by atoms with Gasteiger partial charge in [0.2, 0.25) is 0 Å². The maximum Gasteiger partial charge on any atom is 0.164 e. The average molecular weight is 406 g/mol. The number of methoxy groups -OCH3 is 1. The molecule has 3 aromatic rings. The number of ether oxygens (including phenoxy) is 2. The molecule has 1 fully saturated rings. The van der Waals surface area contributed by atoms with Crippen molar-refractivity contribution < 1.29 is 24.8 Å². The Morgan fingerprint density at radius 3 is 2.71 bits per heavy atom. The Labute approximate surface area is 165 Å². The van der Waals surface area contributed by atoms with Crippen LogP contribution in [0.2, 0.25) is 5.02 Å². The fourth-order valence-corrected chi connectivity index (χ4v) is 3.78. The third kappa shape index (κ3) is 2.94. The fraction of sp³-hybridized carbons (Fsp3) is 0.368. The zero-order valence-electron chi connectivity index (χ0n) is 15.3. The van der Waals surface area contributed by atoms with Gasteiger partial charge >= 0.3 is 0 Å². The molecule has 3 N–H and O–H groups in total. The summed E-state index contributed by atoms with van der Waals surface area (Å²) in [7, 11) is 1.54. The summed E-state index contributed by atoms with van der Waals surface area (Å²) in [6.45, 7) is 1.46. The third-order valence-corrected chi connectivity index (χ3v) is 5.36. The number of benzene rings is 1. The molecule has 1 aromatic carbocycles. The Bertz CT molecular complexity index is 1020. The number of aliphatic hydroxyl groups is 3. The molecular formula is C19H20ClN3O5. The number of hydrogen-bond acceptors (Lipinski definition) is 7. The number of aromatic nitrogens is 3. The summed E-state index contributed by atoms with van der Waals surface area (Å²) >= 11 is 6.15. The molecule has 8 nitrogen and oxygen atoms in total. The number of aliphatic hydroxyl groups excluding tert-OH is 3. The molecule has 0 bridgehead atoms. The molecule has 148 valence electrons. The highest BCUT2D eigenvalue weighted by Crippen LogP contribution is 2.39. The molecule has 1 aliphatic heterocycles. The zero-order valence-corrected chi connectivity index (χ0v) is 16.0. The summed E-state index contributed by atoms with van der Waals surface area (Å²) in [4.78, 5) is 8.65. The lowest BCUT2D eigenvalue weighted by Crippen LogP contribution is -2.33. The van der Waals surface area contributed by atoms with Crippen LogP contribution in [0.5, 0.6) is 5.75 Å². The second kappa shape index (κ2) is 7.31. The highest BCUT2D eigenvalue weighted by molar-refractivity contribution is 6.32. The van der Waals surface area contributed by atoms with Crippen molar-refractivity contribution in [1.29, 1.82) is 0 Å². The van der Waals surface area contributed by atoms with Crippen molar-refractivity contribution in [3.05, 3.63) is 41.4 Å². The minimum atomic E-state index is -1.21. The molecule has 3 heterocycles. The maximum atomic E-state index is 10.5. The molecule has 4 rings (SSSR count). The van der Waals surface area contributed by atoms with Crippen LogP contribution in [0.3, 0.4) is 0 Å². The van der Waals surface area contributed by atoms with E-state index in [1.54, 1.807) is 23.9 Å². The first-order valence-corrected chi connectivity index (χ1v) is 9.12. The molecule has 0 amide bonds. The van der Waals surface area contributed by atoms with Gasteiger partial charge in [-0.05, 0) is 24.6 Å². The van der Waals surface area contributed by atoms with Gasteiger partial charge in [0.1, 0.15) is 36.0 Å².